The molecule has 2 rings (SSSR count). The fourth-order valence-corrected chi connectivity index (χ4v) is 2.69. The molecule has 5 nitrogen and oxygen atoms in total. The Kier molecular flexibility index (Phi) is 5.83. The number of nitrogens with zero attached hydrogens (tertiary/aromatic N) is 2. The minimum Gasteiger partial charge on any atom is -0.337 e. The predicted molar refractivity (Wildman–Crippen MR) is 85.3 cm³/mol. The van der Waals surface area contributed by atoms with Gasteiger partial charge in [-0.3, -0.25) is 4.68 Å². The Hall–Kier alpha value is -2.02. The number of aryl methyl sites for hydroxylation is 1. The van der Waals surface area contributed by atoms with E-state index in [9.17, 15) is 9.18 Å². The quantitative estimate of drug-likeness (QED) is 0.635. The summed E-state index contributed by atoms with van der Waals surface area (Å²) in [4.78, 5) is 12.4. The molecule has 118 valence electrons. The van der Waals surface area contributed by atoms with Crippen molar-refractivity contribution < 1.29 is 9.18 Å². The standard InChI is InChI=1S/C15H19FN4OS/c1-11(12-9-18-20(2)10-12)19-15(21)17-7-8-22-14-6-4-3-5-13(14)16/h3-6,9-11H,7-8H2,1-2H3,(H2,17,19,21)/t11-/m0/s1. The zero-order chi connectivity index (χ0) is 15.9. The molecule has 0 aliphatic rings. The van der Waals surface area contributed by atoms with Crippen LogP contribution in [0, 0.1) is 5.82 Å². The third kappa shape index (κ3) is 4.77. The number of aromatic nitrogens is 2. The van der Waals surface area contributed by atoms with Crippen molar-refractivity contribution >= 4 is 17.8 Å². The Bertz CT molecular complexity index is 632. The highest BCUT2D eigenvalue weighted by Gasteiger charge is 2.10. The first-order chi connectivity index (χ1) is 10.6. The smallest absolute Gasteiger partial charge is 0.315 e. The zero-order valence-electron chi connectivity index (χ0n) is 12.5. The molecule has 0 saturated heterocycles. The molecule has 1 atom stereocenters. The molecular formula is C15H19FN4OS. The average molecular weight is 322 g/mol. The molecule has 1 aromatic heterocycles. The summed E-state index contributed by atoms with van der Waals surface area (Å²) in [6.07, 6.45) is 3.58. The molecule has 2 aromatic rings. The topological polar surface area (TPSA) is 59.0 Å². The molecule has 1 heterocycles. The summed E-state index contributed by atoms with van der Waals surface area (Å²) in [5, 5.41) is 9.66. The average Bonchev–Trinajstić information content (AvgIpc) is 2.92. The molecule has 2 N–H and O–H groups in total. The summed E-state index contributed by atoms with van der Waals surface area (Å²) in [5.41, 5.74) is 0.943. The summed E-state index contributed by atoms with van der Waals surface area (Å²) < 4.78 is 15.1. The molecule has 22 heavy (non-hydrogen) atoms. The van der Waals surface area contributed by atoms with Crippen molar-refractivity contribution in [1.29, 1.82) is 0 Å². The van der Waals surface area contributed by atoms with E-state index in [2.05, 4.69) is 15.7 Å². The highest BCUT2D eigenvalue weighted by molar-refractivity contribution is 7.99. The number of nitrogens with one attached hydrogen (secondary N) is 2. The van der Waals surface area contributed by atoms with Crippen LogP contribution in [0.3, 0.4) is 0 Å². The summed E-state index contributed by atoms with van der Waals surface area (Å²) in [6.45, 7) is 2.36. The van der Waals surface area contributed by atoms with Crippen LogP contribution in [0.25, 0.3) is 0 Å². The molecule has 0 spiro atoms. The first-order valence-corrected chi connectivity index (χ1v) is 7.95. The van der Waals surface area contributed by atoms with Gasteiger partial charge in [0.2, 0.25) is 0 Å². The first kappa shape index (κ1) is 16.4. The molecule has 0 radical (unpaired) electrons. The lowest BCUT2D eigenvalue weighted by Crippen LogP contribution is -2.38. The molecule has 0 aliphatic heterocycles. The number of halogens is 1. The van der Waals surface area contributed by atoms with Gasteiger partial charge in [0, 0.05) is 36.0 Å². The molecule has 0 bridgehead atoms. The van der Waals surface area contributed by atoms with E-state index in [4.69, 9.17) is 0 Å². The second kappa shape index (κ2) is 7.84. The zero-order valence-corrected chi connectivity index (χ0v) is 13.4. The van der Waals surface area contributed by atoms with Gasteiger partial charge in [0.25, 0.3) is 0 Å². The Morgan fingerprint density at radius 3 is 2.91 bits per heavy atom. The van der Waals surface area contributed by atoms with Crippen LogP contribution in [-0.2, 0) is 7.05 Å². The molecule has 0 unspecified atom stereocenters. The molecule has 0 fully saturated rings. The van der Waals surface area contributed by atoms with Crippen LogP contribution in [0.5, 0.6) is 0 Å². The number of thioether (sulfide) groups is 1. The van der Waals surface area contributed by atoms with E-state index in [1.807, 2.05) is 20.2 Å². The predicted octanol–water partition coefficient (Wildman–Crippen LogP) is 2.71. The Morgan fingerprint density at radius 2 is 2.23 bits per heavy atom. The largest absolute Gasteiger partial charge is 0.337 e. The van der Waals surface area contributed by atoms with Gasteiger partial charge < -0.3 is 10.6 Å². The second-order valence-corrected chi connectivity index (χ2v) is 5.98. The lowest BCUT2D eigenvalue weighted by atomic mass is 10.2. The van der Waals surface area contributed by atoms with Crippen LogP contribution in [0.4, 0.5) is 9.18 Å². The van der Waals surface area contributed by atoms with Crippen LogP contribution < -0.4 is 10.6 Å². The van der Waals surface area contributed by atoms with E-state index in [0.717, 1.165) is 5.56 Å². The monoisotopic (exact) mass is 322 g/mol. The lowest BCUT2D eigenvalue weighted by molar-refractivity contribution is 0.238. The molecule has 2 amide bonds. The molecule has 1 aromatic carbocycles. The van der Waals surface area contributed by atoms with Gasteiger partial charge in [-0.05, 0) is 19.1 Å². The van der Waals surface area contributed by atoms with Crippen molar-refractivity contribution in [3.05, 3.63) is 48.0 Å². The van der Waals surface area contributed by atoms with Crippen molar-refractivity contribution in [3.63, 3.8) is 0 Å². The number of carbonyl (C=O) groups is 1. The highest BCUT2D eigenvalue weighted by Crippen LogP contribution is 2.20. The summed E-state index contributed by atoms with van der Waals surface area (Å²) in [5.74, 6) is 0.373. The molecule has 0 saturated carbocycles. The van der Waals surface area contributed by atoms with Gasteiger partial charge in [-0.1, -0.05) is 12.1 Å². The third-order valence-electron chi connectivity index (χ3n) is 3.05. The van der Waals surface area contributed by atoms with E-state index in [1.165, 1.54) is 17.8 Å². The minimum atomic E-state index is -0.245. The van der Waals surface area contributed by atoms with Crippen LogP contribution in [0.2, 0.25) is 0 Å². The number of hydrogen-bond donors (Lipinski definition) is 2. The van der Waals surface area contributed by atoms with Gasteiger partial charge in [0.05, 0.1) is 12.2 Å². The number of rotatable bonds is 6. The number of benzene rings is 1. The van der Waals surface area contributed by atoms with Gasteiger partial charge in [-0.25, -0.2) is 9.18 Å². The van der Waals surface area contributed by atoms with E-state index in [1.54, 1.807) is 29.1 Å². The van der Waals surface area contributed by atoms with Crippen molar-refractivity contribution in [3.8, 4) is 0 Å². The van der Waals surface area contributed by atoms with Crippen molar-refractivity contribution in [2.24, 2.45) is 7.05 Å². The Labute approximate surface area is 133 Å². The number of carbonyl (C=O) groups excluding carboxylic acids is 1. The Morgan fingerprint density at radius 1 is 1.45 bits per heavy atom. The van der Waals surface area contributed by atoms with Crippen LogP contribution in [-0.4, -0.2) is 28.1 Å². The fourth-order valence-electron chi connectivity index (χ4n) is 1.88. The number of hydrogen-bond acceptors (Lipinski definition) is 3. The fraction of sp³-hybridized carbons (Fsp3) is 0.333. The minimum absolute atomic E-state index is 0.118. The SMILES string of the molecule is C[C@H](NC(=O)NCCSc1ccccc1F)c1cnn(C)c1. The van der Waals surface area contributed by atoms with Gasteiger partial charge in [-0.2, -0.15) is 5.10 Å². The van der Waals surface area contributed by atoms with Crippen LogP contribution in [0.1, 0.15) is 18.5 Å². The van der Waals surface area contributed by atoms with Crippen LogP contribution >= 0.6 is 11.8 Å². The van der Waals surface area contributed by atoms with Crippen LogP contribution in [0.15, 0.2) is 41.6 Å². The van der Waals surface area contributed by atoms with Gasteiger partial charge in [0.15, 0.2) is 0 Å². The van der Waals surface area contributed by atoms with Gasteiger partial charge in [0.1, 0.15) is 5.82 Å². The maximum Gasteiger partial charge on any atom is 0.315 e. The molecule has 0 aliphatic carbocycles. The summed E-state index contributed by atoms with van der Waals surface area (Å²) in [7, 11) is 1.83. The van der Waals surface area contributed by atoms with Crippen molar-refractivity contribution in [1.82, 2.24) is 20.4 Å². The van der Waals surface area contributed by atoms with E-state index in [0.29, 0.717) is 17.2 Å². The molecular weight excluding hydrogens is 303 g/mol. The number of amides is 2. The third-order valence-corrected chi connectivity index (χ3v) is 4.10. The molecule has 7 heteroatoms. The second-order valence-electron chi connectivity index (χ2n) is 4.85. The highest BCUT2D eigenvalue weighted by atomic mass is 32.2. The van der Waals surface area contributed by atoms with E-state index >= 15 is 0 Å². The van der Waals surface area contributed by atoms with Gasteiger partial charge in [-0.15, -0.1) is 11.8 Å². The maximum absolute atomic E-state index is 13.4. The Balaban J connectivity index is 1.69. The normalized spacial score (nSPS) is 12.0. The van der Waals surface area contributed by atoms with Crippen molar-refractivity contribution in [2.45, 2.75) is 17.9 Å². The summed E-state index contributed by atoms with van der Waals surface area (Å²) >= 11 is 1.38. The summed E-state index contributed by atoms with van der Waals surface area (Å²) in [6, 6.07) is 6.24. The maximum atomic E-state index is 13.4. The number of urea groups is 1. The first-order valence-electron chi connectivity index (χ1n) is 6.96. The van der Waals surface area contributed by atoms with Gasteiger partial charge >= 0.3 is 6.03 Å². The lowest BCUT2D eigenvalue weighted by Gasteiger charge is -2.13. The van der Waals surface area contributed by atoms with E-state index < -0.39 is 0 Å². The van der Waals surface area contributed by atoms with Crippen molar-refractivity contribution in [2.75, 3.05) is 12.3 Å². The van der Waals surface area contributed by atoms with E-state index in [-0.39, 0.29) is 17.9 Å².